The van der Waals surface area contributed by atoms with E-state index in [4.69, 9.17) is 22.3 Å². The van der Waals surface area contributed by atoms with E-state index in [0.29, 0.717) is 10.9 Å². The van der Waals surface area contributed by atoms with Crippen LogP contribution in [0.25, 0.3) is 0 Å². The Morgan fingerprint density at radius 3 is 2.03 bits per heavy atom. The molecule has 1 aromatic carbocycles. The molecule has 180 valence electrons. The zero-order valence-corrected chi connectivity index (χ0v) is 22.8. The molecule has 0 fully saturated rings. The van der Waals surface area contributed by atoms with Crippen LogP contribution in [0.4, 0.5) is 0 Å². The molecule has 2 N–H and O–H groups in total. The smallest absolute Gasteiger partial charge is 0.0916 e. The second-order valence-corrected chi connectivity index (χ2v) is 8.88. The Kier molecular flexibility index (Phi) is 17.6. The van der Waals surface area contributed by atoms with Gasteiger partial charge in [-0.3, -0.25) is 4.99 Å². The number of aryl methyl sites for hydroxylation is 1. The second kappa shape index (κ2) is 17.5. The maximum atomic E-state index is 6.44. The first-order valence-electron chi connectivity index (χ1n) is 11.5. The number of halogens is 1. The van der Waals surface area contributed by atoms with Crippen molar-refractivity contribution in [2.24, 2.45) is 10.7 Å². The molecule has 0 amide bonds. The highest BCUT2D eigenvalue weighted by atomic mass is 35.5. The molecule has 2 atom stereocenters. The van der Waals surface area contributed by atoms with E-state index in [1.807, 2.05) is 39.8 Å². The van der Waals surface area contributed by atoms with Crippen molar-refractivity contribution in [2.45, 2.75) is 93.0 Å². The van der Waals surface area contributed by atoms with Crippen LogP contribution in [-0.2, 0) is 0 Å². The second-order valence-electron chi connectivity index (χ2n) is 8.47. The maximum absolute atomic E-state index is 6.44. The van der Waals surface area contributed by atoms with Gasteiger partial charge in [-0.05, 0) is 78.5 Å². The van der Waals surface area contributed by atoms with Crippen LogP contribution in [0.15, 0.2) is 76.8 Å². The number of nitrogens with zero attached hydrogens (tertiary/aromatic N) is 1. The highest BCUT2D eigenvalue weighted by Gasteiger charge is 2.35. The molecule has 2 unspecified atom stereocenters. The van der Waals surface area contributed by atoms with Crippen LogP contribution in [0.5, 0.6) is 0 Å². The third-order valence-corrected chi connectivity index (χ3v) is 5.63. The summed E-state index contributed by atoms with van der Waals surface area (Å²) in [5.74, 6) is 0.719. The summed E-state index contributed by atoms with van der Waals surface area (Å²) in [6.45, 7) is 25.5. The molecule has 0 aromatic heterocycles. The van der Waals surface area contributed by atoms with E-state index in [2.05, 4.69) is 72.0 Å². The van der Waals surface area contributed by atoms with E-state index in [1.54, 1.807) is 6.08 Å². The van der Waals surface area contributed by atoms with Crippen LogP contribution in [0, 0.1) is 6.92 Å². The zero-order valence-electron chi connectivity index (χ0n) is 22.1. The van der Waals surface area contributed by atoms with E-state index in [0.717, 1.165) is 5.57 Å². The van der Waals surface area contributed by atoms with Crippen molar-refractivity contribution in [1.82, 2.24) is 0 Å². The fourth-order valence-electron chi connectivity index (χ4n) is 3.04. The van der Waals surface area contributed by atoms with Crippen molar-refractivity contribution in [1.29, 1.82) is 0 Å². The SMILES string of the molecule is C/C=C\C(Cl)=C(/C)C(C)(N=C(C)N)C(C)c1ccc(C)cc1.C=C(C)CCCC.C=CC. The lowest BCUT2D eigenvalue weighted by Crippen LogP contribution is -2.33. The monoisotopic (exact) mass is 458 g/mol. The predicted molar refractivity (Wildman–Crippen MR) is 149 cm³/mol. The van der Waals surface area contributed by atoms with Gasteiger partial charge in [0, 0.05) is 11.0 Å². The number of amidine groups is 1. The molecule has 1 aromatic rings. The van der Waals surface area contributed by atoms with Crippen molar-refractivity contribution in [3.63, 3.8) is 0 Å². The minimum Gasteiger partial charge on any atom is -0.388 e. The average Bonchev–Trinajstić information content (AvgIpc) is 2.72. The van der Waals surface area contributed by atoms with E-state index in [-0.39, 0.29) is 5.92 Å². The van der Waals surface area contributed by atoms with Crippen molar-refractivity contribution in [3.8, 4) is 0 Å². The first-order chi connectivity index (χ1) is 14.9. The molecule has 0 bridgehead atoms. The van der Waals surface area contributed by atoms with Crippen molar-refractivity contribution < 1.29 is 0 Å². The van der Waals surface area contributed by atoms with Crippen LogP contribution in [0.1, 0.15) is 91.7 Å². The summed E-state index contributed by atoms with van der Waals surface area (Å²) in [6, 6.07) is 8.54. The largest absolute Gasteiger partial charge is 0.388 e. The van der Waals surface area contributed by atoms with Crippen LogP contribution < -0.4 is 5.73 Å². The van der Waals surface area contributed by atoms with Gasteiger partial charge < -0.3 is 5.73 Å². The molecule has 0 saturated heterocycles. The molecule has 0 saturated carbocycles. The molecule has 0 radical (unpaired) electrons. The molecule has 3 heteroatoms. The average molecular weight is 459 g/mol. The van der Waals surface area contributed by atoms with E-state index in [9.17, 15) is 0 Å². The van der Waals surface area contributed by atoms with Crippen LogP contribution >= 0.6 is 11.6 Å². The minimum atomic E-state index is -0.481. The summed E-state index contributed by atoms with van der Waals surface area (Å²) >= 11 is 6.44. The molecule has 1 rings (SSSR count). The lowest BCUT2D eigenvalue weighted by atomic mass is 9.77. The quantitative estimate of drug-likeness (QED) is 0.179. The summed E-state index contributed by atoms with van der Waals surface area (Å²) in [4.78, 5) is 4.73. The Morgan fingerprint density at radius 2 is 1.69 bits per heavy atom. The molecule has 0 aliphatic carbocycles. The number of unbranched alkanes of at least 4 members (excludes halogenated alkanes) is 1. The Bertz CT molecular complexity index is 765. The number of aliphatic imine (C=N–C) groups is 1. The predicted octanol–water partition coefficient (Wildman–Crippen LogP) is 9.27. The molecular weight excluding hydrogens is 412 g/mol. The van der Waals surface area contributed by atoms with Gasteiger partial charge in [-0.2, -0.15) is 0 Å². The van der Waals surface area contributed by atoms with Gasteiger partial charge in [0.15, 0.2) is 0 Å². The third-order valence-electron chi connectivity index (χ3n) is 5.22. The maximum Gasteiger partial charge on any atom is 0.0916 e. The molecular formula is C29H47ClN2. The first kappa shape index (κ1) is 32.1. The van der Waals surface area contributed by atoms with Gasteiger partial charge in [-0.15, -0.1) is 13.2 Å². The number of allylic oxidation sites excluding steroid dienone is 5. The topological polar surface area (TPSA) is 38.4 Å². The molecule has 0 heterocycles. The molecule has 0 spiro atoms. The summed E-state index contributed by atoms with van der Waals surface area (Å²) in [5, 5.41) is 0.717. The fourth-order valence-corrected chi connectivity index (χ4v) is 3.36. The van der Waals surface area contributed by atoms with Gasteiger partial charge >= 0.3 is 0 Å². The number of hydrogen-bond acceptors (Lipinski definition) is 1. The molecule has 0 aliphatic rings. The summed E-state index contributed by atoms with van der Waals surface area (Å²) < 4.78 is 0. The van der Waals surface area contributed by atoms with Gasteiger partial charge in [0.1, 0.15) is 0 Å². The Labute approximate surface area is 204 Å². The first-order valence-corrected chi connectivity index (χ1v) is 11.9. The van der Waals surface area contributed by atoms with Gasteiger partial charge in [-0.25, -0.2) is 0 Å². The Hall–Kier alpha value is -2.06. The highest BCUT2D eigenvalue weighted by Crippen LogP contribution is 2.39. The number of benzene rings is 1. The minimum absolute atomic E-state index is 0.158. The van der Waals surface area contributed by atoms with Gasteiger partial charge in [0.2, 0.25) is 0 Å². The van der Waals surface area contributed by atoms with Gasteiger partial charge in [-0.1, -0.05) is 79.4 Å². The Morgan fingerprint density at radius 1 is 1.19 bits per heavy atom. The number of hydrogen-bond donors (Lipinski definition) is 1. The zero-order chi connectivity index (χ0) is 25.3. The van der Waals surface area contributed by atoms with Crippen LogP contribution in [0.2, 0.25) is 0 Å². The van der Waals surface area contributed by atoms with E-state index >= 15 is 0 Å². The highest BCUT2D eigenvalue weighted by molar-refractivity contribution is 6.31. The lowest BCUT2D eigenvalue weighted by molar-refractivity contribution is 0.463. The van der Waals surface area contributed by atoms with E-state index < -0.39 is 5.54 Å². The van der Waals surface area contributed by atoms with Gasteiger partial charge in [0.25, 0.3) is 0 Å². The molecule has 2 nitrogen and oxygen atoms in total. The van der Waals surface area contributed by atoms with Gasteiger partial charge in [0.05, 0.1) is 11.4 Å². The summed E-state index contributed by atoms with van der Waals surface area (Å²) in [7, 11) is 0. The summed E-state index contributed by atoms with van der Waals surface area (Å²) in [5.41, 5.74) is 10.2. The third kappa shape index (κ3) is 12.7. The van der Waals surface area contributed by atoms with E-state index in [1.165, 1.54) is 36.0 Å². The van der Waals surface area contributed by atoms with Crippen LogP contribution in [-0.4, -0.2) is 11.4 Å². The lowest BCUT2D eigenvalue weighted by Gasteiger charge is -2.34. The molecule has 32 heavy (non-hydrogen) atoms. The molecule has 0 aliphatic heterocycles. The number of rotatable bonds is 8. The van der Waals surface area contributed by atoms with Crippen molar-refractivity contribution in [3.05, 3.63) is 83.0 Å². The normalized spacial score (nSPS) is 14.8. The van der Waals surface area contributed by atoms with Crippen LogP contribution in [0.3, 0.4) is 0 Å². The Balaban J connectivity index is 0. The van der Waals surface area contributed by atoms with Crippen molar-refractivity contribution in [2.75, 3.05) is 0 Å². The number of nitrogens with two attached hydrogens (primary N) is 1. The standard InChI is InChI=1S/C19H27ClN2.C7H14.C3H6/c1-7-8-18(20)15(4)19(6,22-16(5)21)14(3)17-11-9-13(2)10-12-17;1-4-5-6-7(2)3;1-3-2/h7-12,14H,1-6H3,(H2,21,22);2,4-6H2,1,3H3;3H,1H2,2H3/b8-7-,18-15-;;. The fraction of sp³-hybridized carbons (Fsp3) is 0.483. The summed E-state index contributed by atoms with van der Waals surface area (Å²) in [6.07, 6.45) is 9.37. The van der Waals surface area contributed by atoms with Crippen molar-refractivity contribution >= 4 is 17.4 Å².